The van der Waals surface area contributed by atoms with Crippen molar-refractivity contribution >= 4 is 22.4 Å². The molecule has 3 unspecified atom stereocenters. The van der Waals surface area contributed by atoms with E-state index in [2.05, 4.69) is 23.5 Å². The molecule has 1 aliphatic carbocycles. The van der Waals surface area contributed by atoms with Crippen LogP contribution in [0.3, 0.4) is 0 Å². The number of nitrogens with one attached hydrogen (secondary N) is 1. The van der Waals surface area contributed by atoms with Crippen LogP contribution in [0, 0.1) is 11.8 Å². The van der Waals surface area contributed by atoms with Crippen LogP contribution in [-0.4, -0.2) is 17.5 Å². The van der Waals surface area contributed by atoms with E-state index in [0.29, 0.717) is 23.5 Å². The van der Waals surface area contributed by atoms with E-state index in [1.165, 1.54) is 24.4 Å². The van der Waals surface area contributed by atoms with Crippen molar-refractivity contribution < 1.29 is 4.74 Å². The Hall–Kier alpha value is -0.970. The second-order valence-corrected chi connectivity index (χ2v) is 5.37. The van der Waals surface area contributed by atoms with Crippen LogP contribution in [0.1, 0.15) is 26.7 Å². The average Bonchev–Trinajstić information content (AvgIpc) is 2.76. The van der Waals surface area contributed by atoms with Gasteiger partial charge in [-0.3, -0.25) is 0 Å². The number of hydrogen-bond acceptors (Lipinski definition) is 5. The number of rotatable bonds is 3. The maximum atomic E-state index is 5.72. The number of anilines is 2. The largest absolute Gasteiger partial charge is 0.490 e. The average molecular weight is 241 g/mol. The summed E-state index contributed by atoms with van der Waals surface area (Å²) in [5, 5.41) is 4.48. The van der Waals surface area contributed by atoms with Gasteiger partial charge < -0.3 is 15.8 Å². The first kappa shape index (κ1) is 11.5. The number of nitrogens with zero attached hydrogens (tertiary/aromatic N) is 1. The zero-order chi connectivity index (χ0) is 11.7. The van der Waals surface area contributed by atoms with Crippen molar-refractivity contribution in [3.05, 3.63) is 0 Å². The van der Waals surface area contributed by atoms with E-state index in [4.69, 9.17) is 10.5 Å². The molecule has 0 amide bonds. The van der Waals surface area contributed by atoms with Gasteiger partial charge in [-0.05, 0) is 36.2 Å². The molecule has 1 saturated carbocycles. The predicted molar refractivity (Wildman–Crippen MR) is 68.1 cm³/mol. The summed E-state index contributed by atoms with van der Waals surface area (Å²) in [4.78, 5) is 0. The Bertz CT molecular complexity index is 366. The van der Waals surface area contributed by atoms with Crippen LogP contribution in [0.25, 0.3) is 0 Å². The molecule has 0 spiro atoms. The fraction of sp³-hybridized carbons (Fsp3) is 0.727. The van der Waals surface area contributed by atoms with E-state index in [9.17, 15) is 0 Å². The van der Waals surface area contributed by atoms with E-state index in [0.717, 1.165) is 10.9 Å². The Kier molecular flexibility index (Phi) is 3.23. The third-order valence-electron chi connectivity index (χ3n) is 3.66. The normalized spacial score (nSPS) is 29.3. The van der Waals surface area contributed by atoms with E-state index < -0.39 is 0 Å². The highest BCUT2D eigenvalue weighted by Gasteiger charge is 2.30. The number of ether oxygens (including phenoxy) is 1. The lowest BCUT2D eigenvalue weighted by atomic mass is 9.98. The quantitative estimate of drug-likeness (QED) is 0.854. The van der Waals surface area contributed by atoms with E-state index in [1.54, 1.807) is 7.11 Å². The molecule has 1 heterocycles. The smallest absolute Gasteiger partial charge is 0.197 e. The molecule has 4 nitrogen and oxygen atoms in total. The lowest BCUT2D eigenvalue weighted by molar-refractivity contribution is 0.415. The van der Waals surface area contributed by atoms with Gasteiger partial charge in [0.05, 0.1) is 7.11 Å². The summed E-state index contributed by atoms with van der Waals surface area (Å²) in [6.45, 7) is 4.61. The molecule has 1 aromatic rings. The van der Waals surface area contributed by atoms with Crippen LogP contribution in [0.4, 0.5) is 10.8 Å². The van der Waals surface area contributed by atoms with Gasteiger partial charge >= 0.3 is 0 Å². The zero-order valence-corrected chi connectivity index (χ0v) is 10.8. The molecule has 5 heteroatoms. The summed E-state index contributed by atoms with van der Waals surface area (Å²) in [5.74, 6) is 2.65. The summed E-state index contributed by atoms with van der Waals surface area (Å²) in [6, 6.07) is 0.517. The van der Waals surface area contributed by atoms with Crippen molar-refractivity contribution in [2.45, 2.75) is 32.7 Å². The molecule has 1 fully saturated rings. The number of nitrogens with two attached hydrogens (primary N) is 1. The first-order valence-electron chi connectivity index (χ1n) is 5.69. The Morgan fingerprint density at radius 2 is 2.19 bits per heavy atom. The van der Waals surface area contributed by atoms with Gasteiger partial charge in [-0.25, -0.2) is 0 Å². The van der Waals surface area contributed by atoms with Crippen molar-refractivity contribution in [1.29, 1.82) is 0 Å². The van der Waals surface area contributed by atoms with Gasteiger partial charge in [-0.15, -0.1) is 0 Å². The Morgan fingerprint density at radius 1 is 1.44 bits per heavy atom. The number of methoxy groups -OCH3 is 1. The Labute approximate surface area is 100 Å². The van der Waals surface area contributed by atoms with Gasteiger partial charge in [0.25, 0.3) is 0 Å². The lowest BCUT2D eigenvalue weighted by Gasteiger charge is -2.20. The first-order valence-corrected chi connectivity index (χ1v) is 6.46. The minimum Gasteiger partial charge on any atom is -0.490 e. The molecule has 1 aliphatic rings. The van der Waals surface area contributed by atoms with E-state index >= 15 is 0 Å². The monoisotopic (exact) mass is 241 g/mol. The Balaban J connectivity index is 2.09. The van der Waals surface area contributed by atoms with Crippen LogP contribution in [-0.2, 0) is 0 Å². The highest BCUT2D eigenvalue weighted by atomic mass is 32.1. The molecular weight excluding hydrogens is 222 g/mol. The number of hydrogen-bond donors (Lipinski definition) is 2. The summed E-state index contributed by atoms with van der Waals surface area (Å²) in [7, 11) is 1.63. The van der Waals surface area contributed by atoms with Crippen LogP contribution >= 0.6 is 11.5 Å². The number of nitrogen functional groups attached to an aromatic ring is 1. The van der Waals surface area contributed by atoms with Gasteiger partial charge in [0.2, 0.25) is 0 Å². The van der Waals surface area contributed by atoms with Crippen molar-refractivity contribution in [3.8, 4) is 5.75 Å². The molecule has 0 radical (unpaired) electrons. The molecule has 3 atom stereocenters. The van der Waals surface area contributed by atoms with Crippen molar-refractivity contribution in [2.24, 2.45) is 11.8 Å². The zero-order valence-electron chi connectivity index (χ0n) is 9.99. The van der Waals surface area contributed by atoms with Crippen molar-refractivity contribution in [2.75, 3.05) is 18.2 Å². The first-order chi connectivity index (χ1) is 7.63. The van der Waals surface area contributed by atoms with E-state index in [-0.39, 0.29) is 0 Å². The molecular formula is C11H19N3OS. The van der Waals surface area contributed by atoms with Crippen molar-refractivity contribution in [1.82, 2.24) is 4.37 Å². The minimum atomic E-state index is 0.480. The van der Waals surface area contributed by atoms with Gasteiger partial charge in [-0.2, -0.15) is 4.37 Å². The molecule has 2 rings (SSSR count). The Morgan fingerprint density at radius 3 is 2.75 bits per heavy atom. The van der Waals surface area contributed by atoms with E-state index in [1.807, 2.05) is 0 Å². The highest BCUT2D eigenvalue weighted by Crippen LogP contribution is 2.39. The van der Waals surface area contributed by atoms with Gasteiger partial charge in [0.15, 0.2) is 16.6 Å². The predicted octanol–water partition coefficient (Wildman–Crippen LogP) is 2.58. The second kappa shape index (κ2) is 4.49. The number of aromatic nitrogens is 1. The molecule has 0 saturated heterocycles. The molecule has 0 aromatic carbocycles. The fourth-order valence-electron chi connectivity index (χ4n) is 2.32. The second-order valence-electron chi connectivity index (χ2n) is 4.59. The summed E-state index contributed by atoms with van der Waals surface area (Å²) >= 11 is 1.38. The molecule has 16 heavy (non-hydrogen) atoms. The fourth-order valence-corrected chi connectivity index (χ4v) is 3.07. The van der Waals surface area contributed by atoms with Crippen LogP contribution in [0.5, 0.6) is 5.75 Å². The summed E-state index contributed by atoms with van der Waals surface area (Å²) in [5.41, 5.74) is 5.72. The van der Waals surface area contributed by atoms with Crippen molar-refractivity contribution in [3.63, 3.8) is 0 Å². The third kappa shape index (κ3) is 1.96. The summed E-state index contributed by atoms with van der Waals surface area (Å²) < 4.78 is 9.35. The topological polar surface area (TPSA) is 60.2 Å². The van der Waals surface area contributed by atoms with Crippen LogP contribution in [0.15, 0.2) is 0 Å². The van der Waals surface area contributed by atoms with Gasteiger partial charge in [0, 0.05) is 6.04 Å². The van der Waals surface area contributed by atoms with Gasteiger partial charge in [-0.1, -0.05) is 13.8 Å². The molecule has 0 bridgehead atoms. The standard InChI is InChI=1S/C11H19N3OS/c1-6-4-5-8(7(6)2)13-11-9(15-3)10(12)14-16-11/h6-8,13H,4-5H2,1-3H3,(H2,12,14). The van der Waals surface area contributed by atoms with Gasteiger partial charge in [0.1, 0.15) is 0 Å². The third-order valence-corrected chi connectivity index (χ3v) is 4.43. The SMILES string of the molecule is COc1c(N)nsc1NC1CCC(C)C1C. The van der Waals surface area contributed by atoms with Crippen LogP contribution in [0.2, 0.25) is 0 Å². The molecule has 90 valence electrons. The molecule has 1 aromatic heterocycles. The van der Waals surface area contributed by atoms with Crippen LogP contribution < -0.4 is 15.8 Å². The summed E-state index contributed by atoms with van der Waals surface area (Å²) in [6.07, 6.45) is 2.50. The molecule has 3 N–H and O–H groups in total. The minimum absolute atomic E-state index is 0.480. The maximum absolute atomic E-state index is 5.72. The maximum Gasteiger partial charge on any atom is 0.197 e. The lowest BCUT2D eigenvalue weighted by Crippen LogP contribution is -2.23. The highest BCUT2D eigenvalue weighted by molar-refractivity contribution is 7.11. The molecule has 0 aliphatic heterocycles.